The Morgan fingerprint density at radius 1 is 1.08 bits per heavy atom. The van der Waals surface area contributed by atoms with Crippen LogP contribution in [0.1, 0.15) is 35.1 Å². The molecule has 1 aliphatic heterocycles. The van der Waals surface area contributed by atoms with E-state index in [0.29, 0.717) is 6.42 Å². The zero-order chi connectivity index (χ0) is 18.5. The normalized spacial score (nSPS) is 21.4. The van der Waals surface area contributed by atoms with Crippen LogP contribution in [0.3, 0.4) is 0 Å². The molecule has 1 aliphatic rings. The summed E-state index contributed by atoms with van der Waals surface area (Å²) < 4.78 is 5.22. The van der Waals surface area contributed by atoms with E-state index in [-0.39, 0.29) is 18.8 Å². The fraction of sp³-hybridized carbons (Fsp3) is 0.455. The number of hydrogen-bond acceptors (Lipinski definition) is 4. The first-order valence-corrected chi connectivity index (χ1v) is 9.32. The number of hydrogen-bond donors (Lipinski definition) is 2. The minimum atomic E-state index is -0.370. The van der Waals surface area contributed by atoms with Gasteiger partial charge >= 0.3 is 0 Å². The van der Waals surface area contributed by atoms with Crippen molar-refractivity contribution in [2.45, 2.75) is 44.4 Å². The van der Waals surface area contributed by atoms with Gasteiger partial charge in [0, 0.05) is 12.6 Å². The quantitative estimate of drug-likeness (QED) is 0.886. The second-order valence-electron chi connectivity index (χ2n) is 7.31. The number of aliphatic hydroxyl groups is 2. The lowest BCUT2D eigenvalue weighted by atomic mass is 9.95. The second kappa shape index (κ2) is 8.67. The van der Waals surface area contributed by atoms with Crippen LogP contribution >= 0.6 is 0 Å². The Kier molecular flexibility index (Phi) is 6.30. The van der Waals surface area contributed by atoms with E-state index < -0.39 is 0 Å². The Morgan fingerprint density at radius 2 is 1.81 bits per heavy atom. The third kappa shape index (κ3) is 4.64. The molecule has 0 fully saturated rings. The number of aliphatic hydroxyl groups excluding tert-OH is 2. The van der Waals surface area contributed by atoms with Crippen molar-refractivity contribution in [1.29, 1.82) is 0 Å². The highest BCUT2D eigenvalue weighted by Gasteiger charge is 2.22. The molecule has 2 N–H and O–H groups in total. The van der Waals surface area contributed by atoms with Crippen molar-refractivity contribution >= 4 is 0 Å². The number of fused-ring (bicyclic) bond motifs is 1. The largest absolute Gasteiger partial charge is 0.497 e. The lowest BCUT2D eigenvalue weighted by Crippen LogP contribution is -2.36. The summed E-state index contributed by atoms with van der Waals surface area (Å²) in [5.74, 6) is 0.874. The molecule has 0 saturated carbocycles. The number of rotatable bonds is 4. The number of nitrogens with zero attached hydrogens (tertiary/aromatic N) is 1. The first-order chi connectivity index (χ1) is 12.6. The van der Waals surface area contributed by atoms with Crippen LogP contribution < -0.4 is 4.74 Å². The summed E-state index contributed by atoms with van der Waals surface area (Å²) in [7, 11) is 3.70. The maximum absolute atomic E-state index is 10.3. The zero-order valence-corrected chi connectivity index (χ0v) is 15.7. The zero-order valence-electron chi connectivity index (χ0n) is 15.7. The summed E-state index contributed by atoms with van der Waals surface area (Å²) >= 11 is 0. The Hall–Kier alpha value is -1.88. The van der Waals surface area contributed by atoms with Crippen LogP contribution in [0.25, 0.3) is 0 Å². The van der Waals surface area contributed by atoms with Gasteiger partial charge in [-0.15, -0.1) is 0 Å². The van der Waals surface area contributed by atoms with E-state index in [1.165, 1.54) is 22.3 Å². The van der Waals surface area contributed by atoms with Crippen LogP contribution in [0.15, 0.2) is 42.5 Å². The molecule has 0 aromatic heterocycles. The van der Waals surface area contributed by atoms with Gasteiger partial charge in [-0.3, -0.25) is 4.90 Å². The summed E-state index contributed by atoms with van der Waals surface area (Å²) in [5.41, 5.74) is 5.13. The molecule has 0 amide bonds. The Morgan fingerprint density at radius 3 is 2.50 bits per heavy atom. The van der Waals surface area contributed by atoms with Crippen molar-refractivity contribution in [3.8, 4) is 5.75 Å². The third-order valence-corrected chi connectivity index (χ3v) is 5.38. The van der Waals surface area contributed by atoms with Crippen LogP contribution in [0.4, 0.5) is 0 Å². The Balaban J connectivity index is 1.80. The molecular formula is C22H29NO3. The van der Waals surface area contributed by atoms with Crippen LogP contribution in [-0.4, -0.2) is 48.0 Å². The van der Waals surface area contributed by atoms with Gasteiger partial charge in [0.25, 0.3) is 0 Å². The van der Waals surface area contributed by atoms with Gasteiger partial charge < -0.3 is 14.9 Å². The predicted octanol–water partition coefficient (Wildman–Crippen LogP) is 2.78. The minimum absolute atomic E-state index is 0.00919. The van der Waals surface area contributed by atoms with Crippen molar-refractivity contribution in [2.24, 2.45) is 0 Å². The molecule has 2 aromatic carbocycles. The summed E-state index contributed by atoms with van der Waals surface area (Å²) in [6.45, 7) is 0.883. The van der Waals surface area contributed by atoms with Crippen LogP contribution in [0, 0.1) is 0 Å². The first-order valence-electron chi connectivity index (χ1n) is 9.32. The van der Waals surface area contributed by atoms with Crippen LogP contribution in [0.2, 0.25) is 0 Å². The van der Waals surface area contributed by atoms with E-state index in [2.05, 4.69) is 35.2 Å². The van der Waals surface area contributed by atoms with Gasteiger partial charge in [-0.1, -0.05) is 30.3 Å². The van der Waals surface area contributed by atoms with Crippen LogP contribution in [-0.2, 0) is 19.4 Å². The molecule has 0 bridgehead atoms. The summed E-state index contributed by atoms with van der Waals surface area (Å²) in [6, 6.07) is 14.9. The van der Waals surface area contributed by atoms with Gasteiger partial charge in [0.2, 0.25) is 0 Å². The van der Waals surface area contributed by atoms with Crippen molar-refractivity contribution in [1.82, 2.24) is 4.90 Å². The molecule has 1 heterocycles. The highest BCUT2D eigenvalue weighted by Crippen LogP contribution is 2.23. The molecule has 3 rings (SSSR count). The molecule has 2 aromatic rings. The van der Waals surface area contributed by atoms with Gasteiger partial charge in [0.15, 0.2) is 0 Å². The number of benzene rings is 2. The number of likely N-dealkylation sites (N-methyl/N-ethyl adjacent to an activating group) is 1. The van der Waals surface area contributed by atoms with E-state index in [9.17, 15) is 10.2 Å². The molecule has 4 nitrogen and oxygen atoms in total. The number of ether oxygens (including phenoxy) is 1. The van der Waals surface area contributed by atoms with Gasteiger partial charge in [-0.25, -0.2) is 0 Å². The van der Waals surface area contributed by atoms with E-state index in [0.717, 1.165) is 31.6 Å². The molecule has 140 valence electrons. The third-order valence-electron chi connectivity index (χ3n) is 5.38. The first kappa shape index (κ1) is 18.9. The summed E-state index contributed by atoms with van der Waals surface area (Å²) in [6.07, 6.45) is 2.75. The average molecular weight is 355 g/mol. The molecule has 0 spiro atoms. The highest BCUT2D eigenvalue weighted by molar-refractivity contribution is 5.37. The van der Waals surface area contributed by atoms with Crippen molar-refractivity contribution in [2.75, 3.05) is 20.8 Å². The van der Waals surface area contributed by atoms with Gasteiger partial charge in [0.1, 0.15) is 5.75 Å². The lowest BCUT2D eigenvalue weighted by molar-refractivity contribution is 0.0749. The molecular weight excluding hydrogens is 326 g/mol. The van der Waals surface area contributed by atoms with E-state index >= 15 is 0 Å². The molecule has 0 saturated heterocycles. The maximum atomic E-state index is 10.3. The Bertz CT molecular complexity index is 714. The molecule has 4 heteroatoms. The van der Waals surface area contributed by atoms with Crippen molar-refractivity contribution in [3.63, 3.8) is 0 Å². The average Bonchev–Trinajstić information content (AvgIpc) is 2.71. The molecule has 2 atom stereocenters. The van der Waals surface area contributed by atoms with Gasteiger partial charge in [-0.05, 0) is 67.1 Å². The van der Waals surface area contributed by atoms with Crippen LogP contribution in [0.5, 0.6) is 5.75 Å². The van der Waals surface area contributed by atoms with E-state index in [4.69, 9.17) is 4.74 Å². The van der Waals surface area contributed by atoms with Crippen molar-refractivity contribution < 1.29 is 14.9 Å². The molecule has 0 radical (unpaired) electrons. The number of aryl methyl sites for hydroxylation is 1. The minimum Gasteiger partial charge on any atom is -0.497 e. The fourth-order valence-electron chi connectivity index (χ4n) is 3.70. The van der Waals surface area contributed by atoms with E-state index in [1.807, 2.05) is 19.2 Å². The smallest absolute Gasteiger partial charge is 0.118 e. The fourth-order valence-corrected chi connectivity index (χ4v) is 3.70. The number of methoxy groups -OCH3 is 1. The predicted molar refractivity (Wildman–Crippen MR) is 104 cm³/mol. The maximum Gasteiger partial charge on any atom is 0.118 e. The Labute approximate surface area is 156 Å². The SMILES string of the molecule is COc1ccc(Cc2ccc3c(c2)CCC(O)CC(CO)N(C)C3)cc1. The van der Waals surface area contributed by atoms with Gasteiger partial charge in [-0.2, -0.15) is 0 Å². The summed E-state index contributed by atoms with van der Waals surface area (Å²) in [5, 5.41) is 19.9. The van der Waals surface area contributed by atoms with Crippen molar-refractivity contribution in [3.05, 3.63) is 64.7 Å². The van der Waals surface area contributed by atoms with Gasteiger partial charge in [0.05, 0.1) is 19.8 Å². The molecule has 26 heavy (non-hydrogen) atoms. The molecule has 2 unspecified atom stereocenters. The summed E-state index contributed by atoms with van der Waals surface area (Å²) in [4.78, 5) is 2.15. The second-order valence-corrected chi connectivity index (χ2v) is 7.31. The lowest BCUT2D eigenvalue weighted by Gasteiger charge is -2.27. The van der Waals surface area contributed by atoms with E-state index in [1.54, 1.807) is 7.11 Å². The molecule has 0 aliphatic carbocycles. The monoisotopic (exact) mass is 355 g/mol. The highest BCUT2D eigenvalue weighted by atomic mass is 16.5. The topological polar surface area (TPSA) is 52.9 Å². The standard InChI is InChI=1S/C22H29NO3/c1-23-14-19-6-3-17(11-16-4-9-22(26-2)10-5-16)12-18(19)7-8-21(25)13-20(23)15-24/h3-6,9-10,12,20-21,24-25H,7-8,11,13-15H2,1-2H3.